The summed E-state index contributed by atoms with van der Waals surface area (Å²) in [6.07, 6.45) is 5.53. The number of benzene rings is 1. The Labute approximate surface area is 229 Å². The van der Waals surface area contributed by atoms with Gasteiger partial charge in [0.15, 0.2) is 0 Å². The lowest BCUT2D eigenvalue weighted by Gasteiger charge is -2.49. The second kappa shape index (κ2) is 9.51. The summed E-state index contributed by atoms with van der Waals surface area (Å²) in [5.74, 6) is 0.998. The van der Waals surface area contributed by atoms with Crippen LogP contribution in [0.1, 0.15) is 72.3 Å². The molecule has 4 aliphatic rings. The maximum atomic E-state index is 13.2. The molecule has 5 unspecified atom stereocenters. The van der Waals surface area contributed by atoms with Crippen LogP contribution >= 0.6 is 0 Å². The Morgan fingerprint density at radius 2 is 2.03 bits per heavy atom. The molecule has 0 radical (unpaired) electrons. The van der Waals surface area contributed by atoms with E-state index in [9.17, 15) is 19.5 Å². The normalized spacial score (nSPS) is 28.3. The molecule has 0 spiro atoms. The summed E-state index contributed by atoms with van der Waals surface area (Å²) in [6.45, 7) is 8.29. The highest BCUT2D eigenvalue weighted by atomic mass is 16.3. The first-order valence-corrected chi connectivity index (χ1v) is 14.4. The van der Waals surface area contributed by atoms with Crippen molar-refractivity contribution in [3.8, 4) is 5.75 Å². The Kier molecular flexibility index (Phi) is 6.36. The standard InChI is InChI=1S/C31H40N4O4/c1-16(2)8-25(28(32)37)33-29(38)22-9-19-10-24-27-20(15-35(27)14-18-5-6-18)12-31(24,13-26(19)34-30(22)39)23-11-21(36)7-4-17(23)3/h4,7,9,11,16,18,20,24-25,27,36H,5-6,8,10,12-15H2,1-3H3,(H2,32,37)(H,33,38)(H,34,39). The Morgan fingerprint density at radius 1 is 1.26 bits per heavy atom. The molecule has 5 atom stereocenters. The number of aromatic amines is 1. The summed E-state index contributed by atoms with van der Waals surface area (Å²) in [4.78, 5) is 44.0. The largest absolute Gasteiger partial charge is 0.508 e. The molecule has 8 heteroatoms. The van der Waals surface area contributed by atoms with Gasteiger partial charge in [0.2, 0.25) is 5.91 Å². The van der Waals surface area contributed by atoms with Crippen LogP contribution in [0, 0.1) is 30.6 Å². The van der Waals surface area contributed by atoms with E-state index < -0.39 is 23.4 Å². The van der Waals surface area contributed by atoms with Crippen molar-refractivity contribution in [2.24, 2.45) is 29.4 Å². The fourth-order valence-corrected chi connectivity index (χ4v) is 7.93. The molecule has 2 saturated carbocycles. The van der Waals surface area contributed by atoms with Crippen LogP contribution in [0.3, 0.4) is 0 Å². The molecule has 208 valence electrons. The van der Waals surface area contributed by atoms with Gasteiger partial charge >= 0.3 is 0 Å². The molecule has 2 amide bonds. The fourth-order valence-electron chi connectivity index (χ4n) is 7.93. The zero-order chi connectivity index (χ0) is 27.6. The van der Waals surface area contributed by atoms with Crippen molar-refractivity contribution in [2.75, 3.05) is 13.1 Å². The number of nitrogens with two attached hydrogens (primary N) is 1. The topological polar surface area (TPSA) is 129 Å². The first-order chi connectivity index (χ1) is 18.6. The van der Waals surface area contributed by atoms with Crippen molar-refractivity contribution in [1.29, 1.82) is 0 Å². The lowest BCUT2D eigenvalue weighted by atomic mass is 9.62. The van der Waals surface area contributed by atoms with Crippen molar-refractivity contribution in [2.45, 2.75) is 76.8 Å². The van der Waals surface area contributed by atoms with Gasteiger partial charge in [-0.25, -0.2) is 0 Å². The molecule has 6 rings (SSSR count). The number of aromatic nitrogens is 1. The zero-order valence-electron chi connectivity index (χ0n) is 23.1. The van der Waals surface area contributed by atoms with Gasteiger partial charge in [-0.15, -0.1) is 0 Å². The number of pyridine rings is 1. The number of phenols is 1. The van der Waals surface area contributed by atoms with E-state index in [1.54, 1.807) is 12.1 Å². The number of likely N-dealkylation sites (tertiary alicyclic amines) is 1. The molecule has 3 fully saturated rings. The number of phenolic OH excluding ortho intramolecular Hbond substituents is 1. The van der Waals surface area contributed by atoms with Crippen LogP contribution in [0.4, 0.5) is 0 Å². The van der Waals surface area contributed by atoms with Gasteiger partial charge in [-0.05, 0) is 104 Å². The van der Waals surface area contributed by atoms with Crippen molar-refractivity contribution in [3.63, 3.8) is 0 Å². The SMILES string of the molecule is Cc1ccc(O)cc1C12Cc3[nH]c(=O)c(C(=O)NC(CC(C)C)C(N)=O)cc3CC1C1C(CN1CC1CC1)C2. The minimum absolute atomic E-state index is 0.0304. The Hall–Kier alpha value is -3.13. The third-order valence-corrected chi connectivity index (χ3v) is 9.82. The number of rotatable bonds is 8. The molecule has 2 aromatic rings. The molecule has 39 heavy (non-hydrogen) atoms. The number of hydrogen-bond acceptors (Lipinski definition) is 5. The van der Waals surface area contributed by atoms with Crippen molar-refractivity contribution >= 4 is 11.8 Å². The number of hydrogen-bond donors (Lipinski definition) is 4. The molecule has 8 nitrogen and oxygen atoms in total. The van der Waals surface area contributed by atoms with E-state index in [0.717, 1.165) is 48.7 Å². The summed E-state index contributed by atoms with van der Waals surface area (Å²) < 4.78 is 0. The van der Waals surface area contributed by atoms with Crippen LogP contribution in [-0.4, -0.2) is 52.0 Å². The molecule has 3 aliphatic carbocycles. The molecule has 2 heterocycles. The van der Waals surface area contributed by atoms with Gasteiger partial charge in [0.25, 0.3) is 11.5 Å². The summed E-state index contributed by atoms with van der Waals surface area (Å²) in [6, 6.07) is 7.06. The van der Waals surface area contributed by atoms with E-state index >= 15 is 0 Å². The monoisotopic (exact) mass is 532 g/mol. The number of aryl methyl sites for hydroxylation is 1. The summed E-state index contributed by atoms with van der Waals surface area (Å²) >= 11 is 0. The predicted molar refractivity (Wildman–Crippen MR) is 149 cm³/mol. The maximum Gasteiger partial charge on any atom is 0.261 e. The molecule has 1 aromatic heterocycles. The van der Waals surface area contributed by atoms with Gasteiger partial charge in [0, 0.05) is 30.2 Å². The van der Waals surface area contributed by atoms with Crippen molar-refractivity contribution < 1.29 is 14.7 Å². The van der Waals surface area contributed by atoms with E-state index in [1.807, 2.05) is 26.0 Å². The van der Waals surface area contributed by atoms with E-state index in [0.29, 0.717) is 30.7 Å². The lowest BCUT2D eigenvalue weighted by molar-refractivity contribution is -0.120. The molecule has 1 saturated heterocycles. The quantitative estimate of drug-likeness (QED) is 0.416. The molecule has 0 bridgehead atoms. The van der Waals surface area contributed by atoms with Crippen LogP contribution in [-0.2, 0) is 23.1 Å². The lowest BCUT2D eigenvalue weighted by Crippen LogP contribution is -2.58. The van der Waals surface area contributed by atoms with E-state index in [4.69, 9.17) is 5.73 Å². The van der Waals surface area contributed by atoms with Gasteiger partial charge in [-0.1, -0.05) is 19.9 Å². The molecule has 1 aromatic carbocycles. The van der Waals surface area contributed by atoms with Gasteiger partial charge in [-0.2, -0.15) is 0 Å². The number of nitrogens with one attached hydrogen (secondary N) is 2. The minimum atomic E-state index is -0.823. The van der Waals surface area contributed by atoms with Gasteiger partial charge < -0.3 is 21.1 Å². The highest BCUT2D eigenvalue weighted by Gasteiger charge is 2.62. The number of carbonyl (C=O) groups is 2. The van der Waals surface area contributed by atoms with E-state index in [-0.39, 0.29) is 22.6 Å². The second-order valence-electron chi connectivity index (χ2n) is 13.1. The summed E-state index contributed by atoms with van der Waals surface area (Å²) in [5, 5.41) is 13.2. The average Bonchev–Trinajstić information content (AvgIpc) is 3.64. The number of aromatic hydroxyl groups is 1. The maximum absolute atomic E-state index is 13.2. The first-order valence-electron chi connectivity index (χ1n) is 14.4. The number of carbonyl (C=O) groups excluding carboxylic acids is 2. The van der Waals surface area contributed by atoms with Crippen LogP contribution in [0.15, 0.2) is 29.1 Å². The van der Waals surface area contributed by atoms with Crippen molar-refractivity contribution in [3.05, 3.63) is 62.6 Å². The summed E-state index contributed by atoms with van der Waals surface area (Å²) in [7, 11) is 0. The molecule has 1 aliphatic heterocycles. The summed E-state index contributed by atoms with van der Waals surface area (Å²) in [5.41, 5.74) is 9.16. The van der Waals surface area contributed by atoms with Crippen LogP contribution in [0.2, 0.25) is 0 Å². The average molecular weight is 533 g/mol. The van der Waals surface area contributed by atoms with Crippen LogP contribution < -0.4 is 16.6 Å². The number of H-pyrrole nitrogens is 1. The van der Waals surface area contributed by atoms with Crippen LogP contribution in [0.25, 0.3) is 0 Å². The van der Waals surface area contributed by atoms with Gasteiger partial charge in [-0.3, -0.25) is 19.3 Å². The number of primary amides is 1. The highest BCUT2D eigenvalue weighted by Crippen LogP contribution is 2.60. The van der Waals surface area contributed by atoms with Crippen LogP contribution in [0.5, 0.6) is 5.75 Å². The molecular weight excluding hydrogens is 492 g/mol. The van der Waals surface area contributed by atoms with Gasteiger partial charge in [0.05, 0.1) is 0 Å². The number of nitrogens with zero attached hydrogens (tertiary/aromatic N) is 1. The number of amides is 2. The molecule has 5 N–H and O–H groups in total. The molecular formula is C31H40N4O4. The van der Waals surface area contributed by atoms with E-state index in [2.05, 4.69) is 22.1 Å². The fraction of sp³-hybridized carbons (Fsp3) is 0.581. The minimum Gasteiger partial charge on any atom is -0.508 e. The third kappa shape index (κ3) is 4.56. The Morgan fingerprint density at radius 3 is 2.72 bits per heavy atom. The third-order valence-electron chi connectivity index (χ3n) is 9.82. The first kappa shape index (κ1) is 26.1. The Balaban J connectivity index is 1.36. The Bertz CT molecular complexity index is 1380. The van der Waals surface area contributed by atoms with E-state index in [1.165, 1.54) is 18.4 Å². The second-order valence-corrected chi connectivity index (χ2v) is 13.1. The smallest absolute Gasteiger partial charge is 0.261 e. The van der Waals surface area contributed by atoms with Gasteiger partial charge in [0.1, 0.15) is 17.4 Å². The highest BCUT2D eigenvalue weighted by molar-refractivity contribution is 5.97. The number of fused-ring (bicyclic) bond motifs is 4. The zero-order valence-corrected chi connectivity index (χ0v) is 23.1. The predicted octanol–water partition coefficient (Wildman–Crippen LogP) is 2.79. The van der Waals surface area contributed by atoms with Crippen molar-refractivity contribution in [1.82, 2.24) is 15.2 Å².